The van der Waals surface area contributed by atoms with E-state index in [2.05, 4.69) is 11.9 Å². The van der Waals surface area contributed by atoms with Gasteiger partial charge in [-0.3, -0.25) is 4.79 Å². The summed E-state index contributed by atoms with van der Waals surface area (Å²) in [4.78, 5) is 11.0. The lowest BCUT2D eigenvalue weighted by Gasteiger charge is -2.20. The van der Waals surface area contributed by atoms with E-state index in [1.807, 2.05) is 0 Å². The van der Waals surface area contributed by atoms with Crippen molar-refractivity contribution in [3.8, 4) is 0 Å². The highest BCUT2D eigenvalue weighted by molar-refractivity contribution is 5.93. The van der Waals surface area contributed by atoms with Gasteiger partial charge in [-0.05, 0) is 25.5 Å². The van der Waals surface area contributed by atoms with Gasteiger partial charge in [-0.15, -0.1) is 0 Å². The fourth-order valence-electron chi connectivity index (χ4n) is 1.24. The van der Waals surface area contributed by atoms with Gasteiger partial charge in [0.1, 0.15) is 0 Å². The van der Waals surface area contributed by atoms with Crippen molar-refractivity contribution in [2.24, 2.45) is 0 Å². The molecule has 0 amide bonds. The van der Waals surface area contributed by atoms with Crippen molar-refractivity contribution in [1.82, 2.24) is 5.32 Å². The third kappa shape index (κ3) is 1.67. The highest BCUT2D eigenvalue weighted by Gasteiger charge is 2.16. The molecule has 56 valence electrons. The number of rotatable bonds is 2. The van der Waals surface area contributed by atoms with Gasteiger partial charge in [0, 0.05) is 0 Å². The Kier molecular flexibility index (Phi) is 2.63. The summed E-state index contributed by atoms with van der Waals surface area (Å²) >= 11 is 0. The molecule has 0 bridgehead atoms. The minimum atomic E-state index is 0.0613. The van der Waals surface area contributed by atoms with Crippen LogP contribution in [0.15, 0.2) is 12.7 Å². The molecule has 0 radical (unpaired) electrons. The summed E-state index contributed by atoms with van der Waals surface area (Å²) in [5.74, 6) is 0.139. The van der Waals surface area contributed by atoms with Crippen LogP contribution in [0, 0.1) is 0 Å². The molecule has 1 rings (SSSR count). The molecule has 1 N–H and O–H groups in total. The molecule has 2 nitrogen and oxygen atoms in total. The van der Waals surface area contributed by atoms with E-state index in [1.165, 1.54) is 12.5 Å². The average Bonchev–Trinajstić information content (AvgIpc) is 2.05. The Hall–Kier alpha value is -0.630. The molecule has 0 aliphatic carbocycles. The number of carbonyl (C=O) groups is 1. The number of hydrogen-bond donors (Lipinski definition) is 1. The molecule has 0 aromatic heterocycles. The fourth-order valence-corrected chi connectivity index (χ4v) is 1.24. The van der Waals surface area contributed by atoms with Crippen LogP contribution in [0.25, 0.3) is 0 Å². The van der Waals surface area contributed by atoms with Crippen LogP contribution in [-0.2, 0) is 4.79 Å². The molecule has 0 saturated carbocycles. The maximum Gasteiger partial charge on any atom is 0.171 e. The van der Waals surface area contributed by atoms with Crippen LogP contribution < -0.4 is 5.32 Å². The molecule has 2 heteroatoms. The Morgan fingerprint density at radius 2 is 2.40 bits per heavy atom. The van der Waals surface area contributed by atoms with E-state index < -0.39 is 0 Å². The highest BCUT2D eigenvalue weighted by Crippen LogP contribution is 2.07. The molecule has 1 atom stereocenters. The Balaban J connectivity index is 2.38. The summed E-state index contributed by atoms with van der Waals surface area (Å²) in [6.45, 7) is 4.42. The van der Waals surface area contributed by atoms with Crippen LogP contribution in [0.1, 0.15) is 19.3 Å². The van der Waals surface area contributed by atoms with Crippen LogP contribution in [0.5, 0.6) is 0 Å². The second-order valence-corrected chi connectivity index (χ2v) is 2.61. The largest absolute Gasteiger partial charge is 0.307 e. The lowest BCUT2D eigenvalue weighted by atomic mass is 10.0. The maximum absolute atomic E-state index is 11.0. The van der Waals surface area contributed by atoms with Crippen molar-refractivity contribution in [3.63, 3.8) is 0 Å². The van der Waals surface area contributed by atoms with Crippen molar-refractivity contribution in [3.05, 3.63) is 12.7 Å². The fraction of sp³-hybridized carbons (Fsp3) is 0.625. The van der Waals surface area contributed by atoms with Gasteiger partial charge in [-0.25, -0.2) is 0 Å². The first-order valence-electron chi connectivity index (χ1n) is 3.74. The lowest BCUT2D eigenvalue weighted by molar-refractivity contribution is -0.116. The zero-order valence-corrected chi connectivity index (χ0v) is 6.10. The van der Waals surface area contributed by atoms with Crippen molar-refractivity contribution < 1.29 is 4.79 Å². The minimum absolute atomic E-state index is 0.0613. The summed E-state index contributed by atoms with van der Waals surface area (Å²) in [6.07, 6.45) is 4.74. The van der Waals surface area contributed by atoms with Gasteiger partial charge in [0.05, 0.1) is 6.04 Å². The minimum Gasteiger partial charge on any atom is -0.307 e. The summed E-state index contributed by atoms with van der Waals surface area (Å²) in [7, 11) is 0. The number of hydrogen-bond acceptors (Lipinski definition) is 2. The van der Waals surface area contributed by atoms with E-state index in [1.54, 1.807) is 0 Å². The van der Waals surface area contributed by atoms with Gasteiger partial charge in [0.2, 0.25) is 0 Å². The van der Waals surface area contributed by atoms with Crippen LogP contribution >= 0.6 is 0 Å². The third-order valence-corrected chi connectivity index (χ3v) is 1.85. The Morgan fingerprint density at radius 1 is 1.60 bits per heavy atom. The van der Waals surface area contributed by atoms with Gasteiger partial charge >= 0.3 is 0 Å². The number of nitrogens with one attached hydrogen (secondary N) is 1. The van der Waals surface area contributed by atoms with Crippen molar-refractivity contribution in [2.75, 3.05) is 6.54 Å². The molecule has 1 saturated heterocycles. The summed E-state index contributed by atoms with van der Waals surface area (Å²) < 4.78 is 0. The van der Waals surface area contributed by atoms with Gasteiger partial charge in [0.15, 0.2) is 5.78 Å². The monoisotopic (exact) mass is 139 g/mol. The van der Waals surface area contributed by atoms with E-state index in [9.17, 15) is 4.79 Å². The predicted molar refractivity (Wildman–Crippen MR) is 40.8 cm³/mol. The van der Waals surface area contributed by atoms with E-state index in [4.69, 9.17) is 0 Å². The Bertz CT molecular complexity index is 136. The number of ketones is 1. The highest BCUT2D eigenvalue weighted by atomic mass is 16.1. The van der Waals surface area contributed by atoms with E-state index in [0.29, 0.717) is 0 Å². The standard InChI is InChI=1S/C8H13NO/c1-2-8(10)7-5-3-4-6-9-7/h2,7,9H,1,3-6H2/t7-/m0/s1. The second kappa shape index (κ2) is 3.52. The zero-order chi connectivity index (χ0) is 7.40. The predicted octanol–water partition coefficient (Wildman–Crippen LogP) is 0.884. The summed E-state index contributed by atoms with van der Waals surface area (Å²) in [5, 5.41) is 3.15. The number of carbonyl (C=O) groups excluding carboxylic acids is 1. The molecule has 1 fully saturated rings. The molecule has 1 aliphatic heterocycles. The third-order valence-electron chi connectivity index (χ3n) is 1.85. The van der Waals surface area contributed by atoms with Gasteiger partial charge in [-0.2, -0.15) is 0 Å². The molecule has 0 aromatic rings. The zero-order valence-electron chi connectivity index (χ0n) is 6.10. The van der Waals surface area contributed by atoms with Crippen molar-refractivity contribution in [1.29, 1.82) is 0 Å². The first-order valence-corrected chi connectivity index (χ1v) is 3.74. The van der Waals surface area contributed by atoms with Crippen molar-refractivity contribution >= 4 is 5.78 Å². The van der Waals surface area contributed by atoms with Crippen molar-refractivity contribution in [2.45, 2.75) is 25.3 Å². The Morgan fingerprint density at radius 3 is 2.90 bits per heavy atom. The van der Waals surface area contributed by atoms with E-state index >= 15 is 0 Å². The van der Waals surface area contributed by atoms with E-state index in [-0.39, 0.29) is 11.8 Å². The quantitative estimate of drug-likeness (QED) is 0.575. The summed E-state index contributed by atoms with van der Waals surface area (Å²) in [5.41, 5.74) is 0. The van der Waals surface area contributed by atoms with Gasteiger partial charge < -0.3 is 5.32 Å². The molecule has 1 aliphatic rings. The first kappa shape index (κ1) is 7.48. The topological polar surface area (TPSA) is 29.1 Å². The molecule has 1 heterocycles. The van der Waals surface area contributed by atoms with Gasteiger partial charge in [0.25, 0.3) is 0 Å². The van der Waals surface area contributed by atoms with Crippen LogP contribution in [0.2, 0.25) is 0 Å². The molecular formula is C8H13NO. The smallest absolute Gasteiger partial charge is 0.171 e. The van der Waals surface area contributed by atoms with Gasteiger partial charge in [-0.1, -0.05) is 13.0 Å². The average molecular weight is 139 g/mol. The second-order valence-electron chi connectivity index (χ2n) is 2.61. The Labute approximate surface area is 61.3 Å². The molecule has 10 heavy (non-hydrogen) atoms. The first-order chi connectivity index (χ1) is 4.84. The lowest BCUT2D eigenvalue weighted by Crippen LogP contribution is -2.39. The summed E-state index contributed by atoms with van der Waals surface area (Å²) in [6, 6.07) is 0.0613. The number of piperidine rings is 1. The van der Waals surface area contributed by atoms with Crippen LogP contribution in [0.4, 0.5) is 0 Å². The molecule has 0 spiro atoms. The molecular weight excluding hydrogens is 126 g/mol. The van der Waals surface area contributed by atoms with Crippen LogP contribution in [0.3, 0.4) is 0 Å². The SMILES string of the molecule is C=CC(=O)[C@@H]1CCCCN1. The molecule has 0 aromatic carbocycles. The maximum atomic E-state index is 11.0. The molecule has 0 unspecified atom stereocenters. The normalized spacial score (nSPS) is 25.8. The van der Waals surface area contributed by atoms with E-state index in [0.717, 1.165) is 19.4 Å². The van der Waals surface area contributed by atoms with Crippen LogP contribution in [-0.4, -0.2) is 18.4 Å².